The van der Waals surface area contributed by atoms with Crippen molar-refractivity contribution in [3.63, 3.8) is 0 Å². The minimum atomic E-state index is 0.154. The SMILES string of the molecule is CCN(CC(N)c1ccc(C)cc1)C1CC1. The first kappa shape index (κ1) is 11.6. The summed E-state index contributed by atoms with van der Waals surface area (Å²) in [6.07, 6.45) is 2.71. The molecule has 1 aliphatic carbocycles. The number of rotatable bonds is 5. The van der Waals surface area contributed by atoms with Crippen molar-refractivity contribution in [1.29, 1.82) is 0 Å². The van der Waals surface area contributed by atoms with Gasteiger partial charge in [-0.1, -0.05) is 36.8 Å². The van der Waals surface area contributed by atoms with Crippen LogP contribution in [-0.2, 0) is 0 Å². The van der Waals surface area contributed by atoms with Crippen molar-refractivity contribution in [3.05, 3.63) is 35.4 Å². The van der Waals surface area contributed by atoms with Gasteiger partial charge in [0.1, 0.15) is 0 Å². The molecule has 0 aromatic heterocycles. The molecule has 1 aromatic rings. The topological polar surface area (TPSA) is 29.3 Å². The third-order valence-corrected chi connectivity index (χ3v) is 3.41. The van der Waals surface area contributed by atoms with Gasteiger partial charge in [0.2, 0.25) is 0 Å². The van der Waals surface area contributed by atoms with Gasteiger partial charge in [0.05, 0.1) is 0 Å². The third kappa shape index (κ3) is 2.83. The quantitative estimate of drug-likeness (QED) is 0.822. The normalized spacial score (nSPS) is 17.8. The molecule has 0 saturated heterocycles. The molecule has 1 unspecified atom stereocenters. The fraction of sp³-hybridized carbons (Fsp3) is 0.571. The maximum atomic E-state index is 6.25. The fourth-order valence-corrected chi connectivity index (χ4v) is 2.15. The van der Waals surface area contributed by atoms with Gasteiger partial charge < -0.3 is 5.73 Å². The Morgan fingerprint density at radius 1 is 1.31 bits per heavy atom. The van der Waals surface area contributed by atoms with Crippen LogP contribution in [0.1, 0.15) is 36.9 Å². The Bertz CT molecular complexity index is 327. The molecular formula is C14H22N2. The number of nitrogens with zero attached hydrogens (tertiary/aromatic N) is 1. The molecule has 2 heteroatoms. The lowest BCUT2D eigenvalue weighted by molar-refractivity contribution is 0.260. The average Bonchev–Trinajstić information content (AvgIpc) is 3.10. The predicted molar refractivity (Wildman–Crippen MR) is 68.4 cm³/mol. The first-order chi connectivity index (χ1) is 7.70. The molecule has 1 fully saturated rings. The summed E-state index contributed by atoms with van der Waals surface area (Å²) in [6.45, 7) is 6.44. The van der Waals surface area contributed by atoms with Crippen LogP contribution in [0.4, 0.5) is 0 Å². The van der Waals surface area contributed by atoms with Gasteiger partial charge in [0.15, 0.2) is 0 Å². The molecule has 2 nitrogen and oxygen atoms in total. The second-order valence-corrected chi connectivity index (χ2v) is 4.84. The summed E-state index contributed by atoms with van der Waals surface area (Å²) in [5.74, 6) is 0. The van der Waals surface area contributed by atoms with Crippen LogP contribution in [0.3, 0.4) is 0 Å². The van der Waals surface area contributed by atoms with E-state index in [9.17, 15) is 0 Å². The van der Waals surface area contributed by atoms with E-state index in [1.807, 2.05) is 0 Å². The summed E-state index contributed by atoms with van der Waals surface area (Å²) < 4.78 is 0. The summed E-state index contributed by atoms with van der Waals surface area (Å²) >= 11 is 0. The van der Waals surface area contributed by atoms with E-state index in [1.165, 1.54) is 24.0 Å². The van der Waals surface area contributed by atoms with E-state index in [-0.39, 0.29) is 6.04 Å². The van der Waals surface area contributed by atoms with Gasteiger partial charge in [-0.05, 0) is 31.9 Å². The van der Waals surface area contributed by atoms with E-state index >= 15 is 0 Å². The van der Waals surface area contributed by atoms with E-state index in [1.54, 1.807) is 0 Å². The van der Waals surface area contributed by atoms with Gasteiger partial charge in [0, 0.05) is 18.6 Å². The lowest BCUT2D eigenvalue weighted by Gasteiger charge is -2.24. The summed E-state index contributed by atoms with van der Waals surface area (Å²) in [5, 5.41) is 0. The molecular weight excluding hydrogens is 196 g/mol. The number of hydrogen-bond acceptors (Lipinski definition) is 2. The Morgan fingerprint density at radius 3 is 2.44 bits per heavy atom. The lowest BCUT2D eigenvalue weighted by atomic mass is 10.1. The van der Waals surface area contributed by atoms with Gasteiger partial charge in [-0.25, -0.2) is 0 Å². The molecule has 1 saturated carbocycles. The zero-order valence-electron chi connectivity index (χ0n) is 10.3. The minimum absolute atomic E-state index is 0.154. The summed E-state index contributed by atoms with van der Waals surface area (Å²) in [7, 11) is 0. The smallest absolute Gasteiger partial charge is 0.0424 e. The molecule has 0 spiro atoms. The Labute approximate surface area is 98.4 Å². The highest BCUT2D eigenvalue weighted by Crippen LogP contribution is 2.27. The molecule has 88 valence electrons. The highest BCUT2D eigenvalue weighted by atomic mass is 15.2. The van der Waals surface area contributed by atoms with Crippen LogP contribution in [0.25, 0.3) is 0 Å². The van der Waals surface area contributed by atoms with Gasteiger partial charge in [-0.2, -0.15) is 0 Å². The van der Waals surface area contributed by atoms with Crippen molar-refractivity contribution in [2.45, 2.75) is 38.8 Å². The molecule has 1 aliphatic rings. The van der Waals surface area contributed by atoms with Gasteiger partial charge in [0.25, 0.3) is 0 Å². The standard InChI is InChI=1S/C14H22N2/c1-3-16(13-8-9-13)10-14(15)12-6-4-11(2)5-7-12/h4-7,13-14H,3,8-10,15H2,1-2H3. The number of benzene rings is 1. The van der Waals surface area contributed by atoms with Crippen molar-refractivity contribution in [2.24, 2.45) is 5.73 Å². The molecule has 0 radical (unpaired) electrons. The number of nitrogens with two attached hydrogens (primary N) is 1. The van der Waals surface area contributed by atoms with E-state index in [2.05, 4.69) is 43.0 Å². The second-order valence-electron chi connectivity index (χ2n) is 4.84. The lowest BCUT2D eigenvalue weighted by Crippen LogP contribution is -2.33. The van der Waals surface area contributed by atoms with Crippen LogP contribution in [0.5, 0.6) is 0 Å². The molecule has 0 bridgehead atoms. The van der Waals surface area contributed by atoms with Gasteiger partial charge >= 0.3 is 0 Å². The van der Waals surface area contributed by atoms with Gasteiger partial charge in [-0.15, -0.1) is 0 Å². The number of likely N-dealkylation sites (N-methyl/N-ethyl adjacent to an activating group) is 1. The Balaban J connectivity index is 1.95. The van der Waals surface area contributed by atoms with Gasteiger partial charge in [-0.3, -0.25) is 4.90 Å². The maximum absolute atomic E-state index is 6.25. The monoisotopic (exact) mass is 218 g/mol. The fourth-order valence-electron chi connectivity index (χ4n) is 2.15. The largest absolute Gasteiger partial charge is 0.323 e. The first-order valence-corrected chi connectivity index (χ1v) is 6.27. The van der Waals surface area contributed by atoms with Crippen LogP contribution < -0.4 is 5.73 Å². The zero-order valence-corrected chi connectivity index (χ0v) is 10.3. The molecule has 0 aliphatic heterocycles. The number of hydrogen-bond donors (Lipinski definition) is 1. The number of aryl methyl sites for hydroxylation is 1. The van der Waals surface area contributed by atoms with Crippen LogP contribution >= 0.6 is 0 Å². The van der Waals surface area contributed by atoms with Crippen LogP contribution in [0.15, 0.2) is 24.3 Å². The van der Waals surface area contributed by atoms with Crippen LogP contribution in [0, 0.1) is 6.92 Å². The third-order valence-electron chi connectivity index (χ3n) is 3.41. The van der Waals surface area contributed by atoms with Crippen molar-refractivity contribution in [1.82, 2.24) is 4.90 Å². The van der Waals surface area contributed by atoms with Crippen molar-refractivity contribution < 1.29 is 0 Å². The van der Waals surface area contributed by atoms with Crippen LogP contribution in [0.2, 0.25) is 0 Å². The van der Waals surface area contributed by atoms with E-state index < -0.39 is 0 Å². The molecule has 0 heterocycles. The van der Waals surface area contributed by atoms with Crippen molar-refractivity contribution in [3.8, 4) is 0 Å². The Morgan fingerprint density at radius 2 is 1.94 bits per heavy atom. The Hall–Kier alpha value is -0.860. The molecule has 2 rings (SSSR count). The highest BCUT2D eigenvalue weighted by molar-refractivity contribution is 5.24. The van der Waals surface area contributed by atoms with Crippen LogP contribution in [-0.4, -0.2) is 24.0 Å². The van der Waals surface area contributed by atoms with E-state index in [0.717, 1.165) is 19.1 Å². The van der Waals surface area contributed by atoms with Crippen molar-refractivity contribution in [2.75, 3.05) is 13.1 Å². The summed E-state index contributed by atoms with van der Waals surface area (Å²) in [5.41, 5.74) is 8.80. The van der Waals surface area contributed by atoms with E-state index in [0.29, 0.717) is 0 Å². The first-order valence-electron chi connectivity index (χ1n) is 6.27. The molecule has 1 atom stereocenters. The molecule has 2 N–H and O–H groups in total. The Kier molecular flexibility index (Phi) is 3.62. The second kappa shape index (κ2) is 4.98. The average molecular weight is 218 g/mol. The summed E-state index contributed by atoms with van der Waals surface area (Å²) in [4.78, 5) is 2.50. The highest BCUT2D eigenvalue weighted by Gasteiger charge is 2.28. The molecule has 1 aromatic carbocycles. The minimum Gasteiger partial charge on any atom is -0.323 e. The molecule has 0 amide bonds. The zero-order chi connectivity index (χ0) is 11.5. The van der Waals surface area contributed by atoms with E-state index in [4.69, 9.17) is 5.73 Å². The van der Waals surface area contributed by atoms with Crippen molar-refractivity contribution >= 4 is 0 Å². The molecule has 16 heavy (non-hydrogen) atoms. The predicted octanol–water partition coefficient (Wildman–Crippen LogP) is 2.48. The summed E-state index contributed by atoms with van der Waals surface area (Å²) in [6, 6.07) is 9.55. The maximum Gasteiger partial charge on any atom is 0.0424 e.